The normalized spacial score (nSPS) is 11.9. The van der Waals surface area contributed by atoms with Crippen molar-refractivity contribution in [2.75, 3.05) is 0 Å². The highest BCUT2D eigenvalue weighted by Gasteiger charge is 2.32. The quantitative estimate of drug-likeness (QED) is 0.647. The highest BCUT2D eigenvalue weighted by molar-refractivity contribution is 5.53. The van der Waals surface area contributed by atoms with Gasteiger partial charge in [-0.15, -0.1) is 0 Å². The topological polar surface area (TPSA) is 80.7 Å². The van der Waals surface area contributed by atoms with Crippen molar-refractivity contribution in [3.63, 3.8) is 0 Å². The first-order valence-electron chi connectivity index (χ1n) is 5.20. The summed E-state index contributed by atoms with van der Waals surface area (Å²) in [7, 11) is 0. The molecule has 0 aromatic carbocycles. The van der Waals surface area contributed by atoms with Crippen molar-refractivity contribution in [3.8, 4) is 5.75 Å². The molecular weight excluding hydrogens is 222 g/mol. The van der Waals surface area contributed by atoms with E-state index in [0.29, 0.717) is 11.3 Å². The summed E-state index contributed by atoms with van der Waals surface area (Å²) < 4.78 is 1.67. The Bertz CT molecular complexity index is 574. The van der Waals surface area contributed by atoms with Crippen molar-refractivity contribution in [2.24, 2.45) is 0 Å². The monoisotopic (exact) mass is 235 g/mol. The van der Waals surface area contributed by atoms with Crippen molar-refractivity contribution in [3.05, 3.63) is 40.3 Å². The summed E-state index contributed by atoms with van der Waals surface area (Å²) in [5, 5.41) is 20.5. The second-order valence-corrected chi connectivity index (χ2v) is 4.58. The van der Waals surface area contributed by atoms with Crippen LogP contribution in [-0.4, -0.2) is 25.0 Å². The number of hydrogen-bond donors (Lipinski definition) is 1. The Morgan fingerprint density at radius 1 is 1.59 bits per heavy atom. The van der Waals surface area contributed by atoms with E-state index in [-0.39, 0.29) is 17.1 Å². The molecule has 90 valence electrons. The molecule has 1 N–H and O–H groups in total. The van der Waals surface area contributed by atoms with Gasteiger partial charge in [0.25, 0.3) is 0 Å². The van der Waals surface area contributed by atoms with Crippen LogP contribution in [0.2, 0.25) is 0 Å². The number of aromatic nitrogens is 2. The molecule has 0 saturated carbocycles. The van der Waals surface area contributed by atoms with Gasteiger partial charge in [-0.3, -0.25) is 10.1 Å². The predicted molar refractivity (Wildman–Crippen MR) is 61.6 cm³/mol. The number of hydrogen-bond acceptors (Lipinski definition) is 4. The third-order valence-corrected chi connectivity index (χ3v) is 2.70. The highest BCUT2D eigenvalue weighted by Crippen LogP contribution is 2.21. The lowest BCUT2D eigenvalue weighted by Gasteiger charge is -2.14. The number of rotatable bonds is 3. The highest BCUT2D eigenvalue weighted by atomic mass is 16.6. The van der Waals surface area contributed by atoms with Gasteiger partial charge in [0.05, 0.1) is 6.42 Å². The summed E-state index contributed by atoms with van der Waals surface area (Å²) in [6, 6.07) is 3.21. The van der Waals surface area contributed by atoms with Gasteiger partial charge in [-0.1, -0.05) is 0 Å². The zero-order chi connectivity index (χ0) is 12.6. The Hall–Kier alpha value is -2.11. The maximum Gasteiger partial charge on any atom is 0.222 e. The lowest BCUT2D eigenvalue weighted by atomic mass is 10.00. The fraction of sp³-hybridized carbons (Fsp3) is 0.364. The molecule has 0 unspecified atom stereocenters. The summed E-state index contributed by atoms with van der Waals surface area (Å²) in [5.41, 5.74) is 0.0702. The van der Waals surface area contributed by atoms with Crippen LogP contribution in [0.4, 0.5) is 0 Å². The minimum Gasteiger partial charge on any atom is -0.504 e. The molecule has 0 saturated heterocycles. The molecule has 0 spiro atoms. The summed E-state index contributed by atoms with van der Waals surface area (Å²) in [6.45, 7) is 3.13. The Balaban J connectivity index is 2.44. The van der Waals surface area contributed by atoms with E-state index in [9.17, 15) is 15.2 Å². The number of nitrogens with zero attached hydrogens (tertiary/aromatic N) is 3. The van der Waals surface area contributed by atoms with Gasteiger partial charge >= 0.3 is 0 Å². The molecule has 0 atom stereocenters. The van der Waals surface area contributed by atoms with E-state index in [0.717, 1.165) is 0 Å². The van der Waals surface area contributed by atoms with Gasteiger partial charge in [-0.25, -0.2) is 4.98 Å². The van der Waals surface area contributed by atoms with Crippen LogP contribution in [0.3, 0.4) is 0 Å². The van der Waals surface area contributed by atoms with Crippen LogP contribution >= 0.6 is 0 Å². The zero-order valence-corrected chi connectivity index (χ0v) is 9.62. The lowest BCUT2D eigenvalue weighted by molar-refractivity contribution is -0.560. The van der Waals surface area contributed by atoms with E-state index in [1.165, 1.54) is 6.07 Å². The van der Waals surface area contributed by atoms with E-state index in [1.54, 1.807) is 36.7 Å². The largest absolute Gasteiger partial charge is 0.504 e. The first-order valence-corrected chi connectivity index (χ1v) is 5.20. The minimum absolute atomic E-state index is 0.0673. The molecule has 0 radical (unpaired) electrons. The first-order chi connectivity index (χ1) is 7.92. The molecule has 0 aliphatic carbocycles. The van der Waals surface area contributed by atoms with Crippen LogP contribution in [0.15, 0.2) is 24.5 Å². The fourth-order valence-electron chi connectivity index (χ4n) is 1.69. The molecule has 6 nitrogen and oxygen atoms in total. The molecule has 0 aliphatic heterocycles. The van der Waals surface area contributed by atoms with Crippen LogP contribution in [0.25, 0.3) is 5.65 Å². The van der Waals surface area contributed by atoms with Gasteiger partial charge in [0.15, 0.2) is 11.4 Å². The first kappa shape index (κ1) is 11.4. The van der Waals surface area contributed by atoms with Crippen LogP contribution in [-0.2, 0) is 6.42 Å². The maximum atomic E-state index is 10.9. The van der Waals surface area contributed by atoms with Gasteiger partial charge < -0.3 is 9.51 Å². The van der Waals surface area contributed by atoms with Crippen molar-refractivity contribution < 1.29 is 10.0 Å². The minimum atomic E-state index is -1.05. The van der Waals surface area contributed by atoms with Crippen molar-refractivity contribution in [1.29, 1.82) is 0 Å². The summed E-state index contributed by atoms with van der Waals surface area (Å²) >= 11 is 0. The Labute approximate surface area is 97.7 Å². The van der Waals surface area contributed by atoms with Gasteiger partial charge in [0, 0.05) is 36.9 Å². The molecule has 2 aromatic rings. The number of imidazole rings is 1. The molecule has 0 aliphatic rings. The standard InChI is InChI=1S/C11H13N3O3/c1-11(2,14(16)17)6-8-7-12-10-9(15)4-3-5-13(8)10/h3-5,7,15H,6H2,1-2H3. The number of fused-ring (bicyclic) bond motifs is 1. The lowest BCUT2D eigenvalue weighted by Crippen LogP contribution is -2.33. The number of nitro groups is 1. The summed E-state index contributed by atoms with van der Waals surface area (Å²) in [4.78, 5) is 14.6. The van der Waals surface area contributed by atoms with Gasteiger partial charge in [0.1, 0.15) is 0 Å². The predicted octanol–water partition coefficient (Wildman–Crippen LogP) is 1.64. The van der Waals surface area contributed by atoms with E-state index >= 15 is 0 Å². The summed E-state index contributed by atoms with van der Waals surface area (Å²) in [6.07, 6.45) is 3.54. The number of pyridine rings is 1. The second kappa shape index (κ2) is 3.73. The van der Waals surface area contributed by atoms with Crippen molar-refractivity contribution in [1.82, 2.24) is 9.38 Å². The maximum absolute atomic E-state index is 10.9. The average Bonchev–Trinajstić information content (AvgIpc) is 2.62. The van der Waals surface area contributed by atoms with Crippen LogP contribution in [0.5, 0.6) is 5.75 Å². The van der Waals surface area contributed by atoms with Crippen molar-refractivity contribution in [2.45, 2.75) is 25.8 Å². The third-order valence-electron chi connectivity index (χ3n) is 2.70. The average molecular weight is 235 g/mol. The molecule has 0 fully saturated rings. The molecule has 0 amide bonds. The Morgan fingerprint density at radius 3 is 2.94 bits per heavy atom. The SMILES string of the molecule is CC(C)(Cc1cnc2c(O)cccn12)[N+](=O)[O-]. The van der Waals surface area contributed by atoms with Crippen molar-refractivity contribution >= 4 is 5.65 Å². The smallest absolute Gasteiger partial charge is 0.222 e. The van der Waals surface area contributed by atoms with Crippen LogP contribution < -0.4 is 0 Å². The molecular formula is C11H13N3O3. The van der Waals surface area contributed by atoms with Crippen LogP contribution in [0.1, 0.15) is 19.5 Å². The second-order valence-electron chi connectivity index (χ2n) is 4.58. The van der Waals surface area contributed by atoms with E-state index in [4.69, 9.17) is 0 Å². The molecule has 2 rings (SSSR count). The van der Waals surface area contributed by atoms with E-state index in [2.05, 4.69) is 4.98 Å². The molecule has 6 heteroatoms. The molecule has 0 bridgehead atoms. The molecule has 2 heterocycles. The Morgan fingerprint density at radius 2 is 2.29 bits per heavy atom. The molecule has 2 aromatic heterocycles. The zero-order valence-electron chi connectivity index (χ0n) is 9.62. The molecule has 17 heavy (non-hydrogen) atoms. The van der Waals surface area contributed by atoms with E-state index < -0.39 is 5.54 Å². The Kier molecular flexibility index (Phi) is 2.49. The van der Waals surface area contributed by atoms with E-state index in [1.807, 2.05) is 0 Å². The van der Waals surface area contributed by atoms with Gasteiger partial charge in [-0.2, -0.15) is 0 Å². The third kappa shape index (κ3) is 1.93. The number of aromatic hydroxyl groups is 1. The van der Waals surface area contributed by atoms with Crippen LogP contribution in [0, 0.1) is 10.1 Å². The summed E-state index contributed by atoms with van der Waals surface area (Å²) in [5.74, 6) is 0.0673. The van der Waals surface area contributed by atoms with Gasteiger partial charge in [0.2, 0.25) is 5.54 Å². The van der Waals surface area contributed by atoms with Gasteiger partial charge in [-0.05, 0) is 12.1 Å². The fourth-order valence-corrected chi connectivity index (χ4v) is 1.69.